The van der Waals surface area contributed by atoms with E-state index in [1.54, 1.807) is 0 Å². The Labute approximate surface area is 64.5 Å². The van der Waals surface area contributed by atoms with Crippen molar-refractivity contribution in [2.24, 2.45) is 0 Å². The molecule has 1 aromatic rings. The summed E-state index contributed by atoms with van der Waals surface area (Å²) in [6.07, 6.45) is 3.15. The first-order valence-corrected chi connectivity index (χ1v) is 3.57. The van der Waals surface area contributed by atoms with Crippen LogP contribution in [0.15, 0.2) is 11.0 Å². The number of aromatic amines is 1. The van der Waals surface area contributed by atoms with Crippen LogP contribution >= 0.6 is 0 Å². The molecule has 0 atom stereocenters. The Morgan fingerprint density at radius 1 is 1.73 bits per heavy atom. The van der Waals surface area contributed by atoms with Gasteiger partial charge in [0, 0.05) is 6.42 Å². The number of anilines is 1. The fraction of sp³-hybridized carbons (Fsp3) is 0.429. The third kappa shape index (κ3) is 1.80. The summed E-state index contributed by atoms with van der Waals surface area (Å²) in [5, 5.41) is 0. The smallest absolute Gasteiger partial charge is 0.274 e. The Bertz CT molecular complexity index is 292. The van der Waals surface area contributed by atoms with Gasteiger partial charge in [0.15, 0.2) is 0 Å². The molecular weight excluding hydrogens is 142 g/mol. The van der Waals surface area contributed by atoms with E-state index in [1.165, 1.54) is 6.20 Å². The molecule has 3 N–H and O–H groups in total. The minimum Gasteiger partial charge on any atom is -0.393 e. The number of hydrogen-bond donors (Lipinski definition) is 2. The van der Waals surface area contributed by atoms with E-state index in [0.717, 1.165) is 12.8 Å². The maximum atomic E-state index is 10.9. The molecular formula is C7H11N3O. The van der Waals surface area contributed by atoms with Gasteiger partial charge in [-0.3, -0.25) is 4.79 Å². The van der Waals surface area contributed by atoms with E-state index < -0.39 is 0 Å². The van der Waals surface area contributed by atoms with Crippen molar-refractivity contribution in [2.75, 3.05) is 5.73 Å². The average molecular weight is 153 g/mol. The van der Waals surface area contributed by atoms with Gasteiger partial charge in [-0.25, -0.2) is 4.98 Å². The molecule has 0 aromatic carbocycles. The topological polar surface area (TPSA) is 71.8 Å². The van der Waals surface area contributed by atoms with Crippen molar-refractivity contribution in [1.82, 2.24) is 9.97 Å². The summed E-state index contributed by atoms with van der Waals surface area (Å²) >= 11 is 0. The van der Waals surface area contributed by atoms with Gasteiger partial charge >= 0.3 is 0 Å². The number of hydrogen-bond acceptors (Lipinski definition) is 3. The standard InChI is InChI=1S/C7H11N3O/c1-2-3-6-9-4-5(8)7(11)10-6/h4H,2-3,8H2,1H3,(H,9,10,11). The van der Waals surface area contributed by atoms with E-state index in [1.807, 2.05) is 6.92 Å². The zero-order chi connectivity index (χ0) is 8.27. The number of aryl methyl sites for hydroxylation is 1. The minimum absolute atomic E-state index is 0.171. The third-order valence-corrected chi connectivity index (χ3v) is 1.37. The van der Waals surface area contributed by atoms with Crippen LogP contribution in [0.25, 0.3) is 0 Å². The highest BCUT2D eigenvalue weighted by Crippen LogP contribution is 1.93. The Morgan fingerprint density at radius 2 is 2.45 bits per heavy atom. The lowest BCUT2D eigenvalue weighted by Gasteiger charge is -1.96. The van der Waals surface area contributed by atoms with Crippen LogP contribution < -0.4 is 11.3 Å². The predicted octanol–water partition coefficient (Wildman–Crippen LogP) is 0.305. The number of nitrogens with one attached hydrogen (secondary N) is 1. The second-order valence-electron chi connectivity index (χ2n) is 2.36. The molecule has 1 aromatic heterocycles. The molecule has 0 unspecified atom stereocenters. The van der Waals surface area contributed by atoms with Crippen molar-refractivity contribution in [3.8, 4) is 0 Å². The highest BCUT2D eigenvalue weighted by Gasteiger charge is 1.96. The molecule has 0 saturated carbocycles. The summed E-state index contributed by atoms with van der Waals surface area (Å²) in [6.45, 7) is 2.02. The summed E-state index contributed by atoms with van der Waals surface area (Å²) in [4.78, 5) is 17.4. The molecule has 0 aliphatic carbocycles. The summed E-state index contributed by atoms with van der Waals surface area (Å²) < 4.78 is 0. The molecule has 0 radical (unpaired) electrons. The van der Waals surface area contributed by atoms with Gasteiger partial charge in [0.2, 0.25) is 0 Å². The molecule has 0 bridgehead atoms. The minimum atomic E-state index is -0.247. The van der Waals surface area contributed by atoms with Crippen LogP contribution in [0.3, 0.4) is 0 Å². The van der Waals surface area contributed by atoms with Gasteiger partial charge < -0.3 is 10.7 Å². The molecule has 0 aliphatic rings. The van der Waals surface area contributed by atoms with Gasteiger partial charge in [0.25, 0.3) is 5.56 Å². The summed E-state index contributed by atoms with van der Waals surface area (Å²) in [5.74, 6) is 0.701. The molecule has 60 valence electrons. The quantitative estimate of drug-likeness (QED) is 0.642. The van der Waals surface area contributed by atoms with Crippen molar-refractivity contribution in [1.29, 1.82) is 0 Å². The van der Waals surface area contributed by atoms with E-state index in [-0.39, 0.29) is 11.2 Å². The largest absolute Gasteiger partial charge is 0.393 e. The lowest BCUT2D eigenvalue weighted by atomic mass is 10.3. The first-order chi connectivity index (χ1) is 5.24. The Hall–Kier alpha value is -1.32. The number of aromatic nitrogens is 2. The first kappa shape index (κ1) is 7.78. The normalized spacial score (nSPS) is 9.91. The van der Waals surface area contributed by atoms with Gasteiger partial charge in [-0.15, -0.1) is 0 Å². The Morgan fingerprint density at radius 3 is 3.00 bits per heavy atom. The molecule has 0 saturated heterocycles. The van der Waals surface area contributed by atoms with Crippen LogP contribution in [0.4, 0.5) is 5.69 Å². The highest BCUT2D eigenvalue weighted by molar-refractivity contribution is 5.30. The molecule has 1 rings (SSSR count). The Kier molecular flexibility index (Phi) is 2.25. The second kappa shape index (κ2) is 3.18. The number of rotatable bonds is 2. The van der Waals surface area contributed by atoms with Gasteiger partial charge in [-0.05, 0) is 6.42 Å². The number of nitrogen functional groups attached to an aromatic ring is 1. The van der Waals surface area contributed by atoms with Gasteiger partial charge in [-0.2, -0.15) is 0 Å². The zero-order valence-corrected chi connectivity index (χ0v) is 6.42. The zero-order valence-electron chi connectivity index (χ0n) is 6.42. The van der Waals surface area contributed by atoms with Gasteiger partial charge in [0.1, 0.15) is 11.5 Å². The number of nitrogens with zero attached hydrogens (tertiary/aromatic N) is 1. The van der Waals surface area contributed by atoms with Crippen molar-refractivity contribution >= 4 is 5.69 Å². The number of nitrogens with two attached hydrogens (primary N) is 1. The molecule has 0 spiro atoms. The summed E-state index contributed by atoms with van der Waals surface area (Å²) in [5.41, 5.74) is 5.20. The lowest BCUT2D eigenvalue weighted by molar-refractivity contribution is 0.827. The Balaban J connectivity index is 2.96. The van der Waals surface area contributed by atoms with Crippen LogP contribution in [0, 0.1) is 0 Å². The van der Waals surface area contributed by atoms with E-state index in [0.29, 0.717) is 5.82 Å². The van der Waals surface area contributed by atoms with Gasteiger partial charge in [0.05, 0.1) is 6.20 Å². The lowest BCUT2D eigenvalue weighted by Crippen LogP contribution is -2.14. The van der Waals surface area contributed by atoms with Crippen LogP contribution in [0.2, 0.25) is 0 Å². The number of H-pyrrole nitrogens is 1. The molecule has 0 aliphatic heterocycles. The maximum Gasteiger partial charge on any atom is 0.274 e. The average Bonchev–Trinajstić information content (AvgIpc) is 1.98. The van der Waals surface area contributed by atoms with Crippen LogP contribution in [-0.2, 0) is 6.42 Å². The molecule has 0 fully saturated rings. The molecule has 4 heteroatoms. The fourth-order valence-electron chi connectivity index (χ4n) is 0.805. The van der Waals surface area contributed by atoms with Crippen molar-refractivity contribution in [3.63, 3.8) is 0 Å². The van der Waals surface area contributed by atoms with Crippen LogP contribution in [0.1, 0.15) is 19.2 Å². The van der Waals surface area contributed by atoms with Crippen LogP contribution in [-0.4, -0.2) is 9.97 Å². The van der Waals surface area contributed by atoms with E-state index in [4.69, 9.17) is 5.73 Å². The molecule has 11 heavy (non-hydrogen) atoms. The molecule has 1 heterocycles. The van der Waals surface area contributed by atoms with Gasteiger partial charge in [-0.1, -0.05) is 6.92 Å². The molecule has 0 amide bonds. The summed E-state index contributed by atoms with van der Waals surface area (Å²) in [6, 6.07) is 0. The van der Waals surface area contributed by atoms with Crippen molar-refractivity contribution < 1.29 is 0 Å². The highest BCUT2D eigenvalue weighted by atomic mass is 16.1. The van der Waals surface area contributed by atoms with Crippen molar-refractivity contribution in [3.05, 3.63) is 22.4 Å². The fourth-order valence-corrected chi connectivity index (χ4v) is 0.805. The predicted molar refractivity (Wildman–Crippen MR) is 43.3 cm³/mol. The van der Waals surface area contributed by atoms with E-state index >= 15 is 0 Å². The third-order valence-electron chi connectivity index (χ3n) is 1.37. The van der Waals surface area contributed by atoms with Crippen molar-refractivity contribution in [2.45, 2.75) is 19.8 Å². The second-order valence-corrected chi connectivity index (χ2v) is 2.36. The summed E-state index contributed by atoms with van der Waals surface area (Å²) in [7, 11) is 0. The SMILES string of the molecule is CCCc1ncc(N)c(=O)[nH]1. The van der Waals surface area contributed by atoms with E-state index in [2.05, 4.69) is 9.97 Å². The van der Waals surface area contributed by atoms with Crippen LogP contribution in [0.5, 0.6) is 0 Å². The molecule has 4 nitrogen and oxygen atoms in total. The monoisotopic (exact) mass is 153 g/mol. The maximum absolute atomic E-state index is 10.9. The van der Waals surface area contributed by atoms with E-state index in [9.17, 15) is 4.79 Å². The first-order valence-electron chi connectivity index (χ1n) is 3.57.